The van der Waals surface area contributed by atoms with Crippen LogP contribution in [-0.2, 0) is 32.6 Å². The van der Waals surface area contributed by atoms with Crippen LogP contribution >= 0.6 is 11.6 Å². The third-order valence-corrected chi connectivity index (χ3v) is 9.53. The van der Waals surface area contributed by atoms with E-state index in [2.05, 4.69) is 5.32 Å². The third kappa shape index (κ3) is 9.05. The Bertz CT molecular complexity index is 1770. The summed E-state index contributed by atoms with van der Waals surface area (Å²) in [6.07, 6.45) is 0.223. The van der Waals surface area contributed by atoms with Gasteiger partial charge in [0, 0.05) is 30.1 Å². The molecule has 47 heavy (non-hydrogen) atoms. The fraction of sp³-hybridized carbons (Fsp3) is 0.278. The third-order valence-electron chi connectivity index (χ3n) is 7.51. The quantitative estimate of drug-likeness (QED) is 0.175. The summed E-state index contributed by atoms with van der Waals surface area (Å²) in [7, 11) is -1.49. The van der Waals surface area contributed by atoms with Crippen molar-refractivity contribution >= 4 is 39.1 Å². The monoisotopic (exact) mass is 677 g/mol. The Morgan fingerprint density at radius 1 is 0.830 bits per heavy atom. The zero-order valence-corrected chi connectivity index (χ0v) is 28.7. The van der Waals surface area contributed by atoms with Gasteiger partial charge in [-0.25, -0.2) is 8.42 Å². The highest BCUT2D eigenvalue weighted by atomic mass is 35.5. The first kappa shape index (κ1) is 35.3. The number of nitrogens with zero attached hydrogens (tertiary/aromatic N) is 2. The number of ether oxygens (including phenoxy) is 2. The number of hydrogen-bond acceptors (Lipinski definition) is 6. The number of sulfonamides is 1. The van der Waals surface area contributed by atoms with Crippen molar-refractivity contribution in [3.8, 4) is 11.5 Å². The molecule has 4 aromatic rings. The van der Waals surface area contributed by atoms with Crippen molar-refractivity contribution in [3.63, 3.8) is 0 Å². The molecule has 0 aliphatic heterocycles. The maximum atomic E-state index is 14.6. The van der Waals surface area contributed by atoms with Crippen molar-refractivity contribution < 1.29 is 27.5 Å². The van der Waals surface area contributed by atoms with Crippen LogP contribution < -0.4 is 19.1 Å². The first-order valence-corrected chi connectivity index (χ1v) is 16.9. The van der Waals surface area contributed by atoms with Crippen LogP contribution in [0.15, 0.2) is 102 Å². The lowest BCUT2D eigenvalue weighted by atomic mass is 10.0. The van der Waals surface area contributed by atoms with Crippen LogP contribution in [0.5, 0.6) is 11.5 Å². The molecule has 0 heterocycles. The molecule has 2 amide bonds. The fourth-order valence-corrected chi connectivity index (χ4v) is 6.62. The molecule has 1 N–H and O–H groups in total. The zero-order chi connectivity index (χ0) is 34.1. The van der Waals surface area contributed by atoms with Crippen molar-refractivity contribution in [2.45, 2.75) is 50.7 Å². The first-order valence-electron chi connectivity index (χ1n) is 15.1. The van der Waals surface area contributed by atoms with E-state index in [9.17, 15) is 18.0 Å². The lowest BCUT2D eigenvalue weighted by molar-refractivity contribution is -0.140. The molecule has 11 heteroatoms. The second kappa shape index (κ2) is 15.8. The molecule has 0 unspecified atom stereocenters. The van der Waals surface area contributed by atoms with Gasteiger partial charge in [-0.15, -0.1) is 0 Å². The van der Waals surface area contributed by atoms with Crippen molar-refractivity contribution in [1.29, 1.82) is 0 Å². The Hall–Kier alpha value is -4.54. The van der Waals surface area contributed by atoms with Crippen LogP contribution in [0.25, 0.3) is 0 Å². The van der Waals surface area contributed by atoms with Crippen molar-refractivity contribution in [2.24, 2.45) is 0 Å². The average molecular weight is 678 g/mol. The van der Waals surface area contributed by atoms with Crippen LogP contribution in [0.2, 0.25) is 5.02 Å². The van der Waals surface area contributed by atoms with Gasteiger partial charge in [0.15, 0.2) is 11.5 Å². The maximum Gasteiger partial charge on any atom is 0.264 e. The lowest BCUT2D eigenvalue weighted by Crippen LogP contribution is -2.54. The summed E-state index contributed by atoms with van der Waals surface area (Å²) in [6, 6.07) is 26.3. The number of hydrogen-bond donors (Lipinski definition) is 1. The Morgan fingerprint density at radius 2 is 1.47 bits per heavy atom. The van der Waals surface area contributed by atoms with Gasteiger partial charge in [0.25, 0.3) is 10.0 Å². The van der Waals surface area contributed by atoms with Gasteiger partial charge in [-0.2, -0.15) is 0 Å². The summed E-state index contributed by atoms with van der Waals surface area (Å²) in [5.74, 6) is -0.343. The Morgan fingerprint density at radius 3 is 2.06 bits per heavy atom. The van der Waals surface area contributed by atoms with Crippen LogP contribution in [0.1, 0.15) is 30.5 Å². The fourth-order valence-electron chi connectivity index (χ4n) is 5.07. The summed E-state index contributed by atoms with van der Waals surface area (Å²) in [5.41, 5.74) is 2.91. The van der Waals surface area contributed by atoms with Crippen LogP contribution in [0, 0.1) is 6.92 Å². The molecule has 0 saturated heterocycles. The predicted octanol–water partition coefficient (Wildman–Crippen LogP) is 6.03. The van der Waals surface area contributed by atoms with Crippen LogP contribution in [0.3, 0.4) is 0 Å². The molecule has 0 aromatic heterocycles. The Balaban J connectivity index is 1.82. The minimum absolute atomic E-state index is 0.0764. The SMILES string of the molecule is COc1ccc(S(=O)(=O)N(CC(=O)N(Cc2ccc(C)cc2)[C@@H](Cc2ccccc2)C(=O)NC(C)C)c2ccc(Cl)cc2)cc1OC. The van der Waals surface area contributed by atoms with Gasteiger partial charge >= 0.3 is 0 Å². The summed E-state index contributed by atoms with van der Waals surface area (Å²) in [4.78, 5) is 29.7. The van der Waals surface area contributed by atoms with Crippen LogP contribution in [-0.4, -0.2) is 58.0 Å². The highest BCUT2D eigenvalue weighted by Gasteiger charge is 2.35. The molecule has 0 aliphatic rings. The highest BCUT2D eigenvalue weighted by Crippen LogP contribution is 2.33. The van der Waals surface area contributed by atoms with Gasteiger partial charge < -0.3 is 19.7 Å². The molecule has 1 atom stereocenters. The van der Waals surface area contributed by atoms with Crippen LogP contribution in [0.4, 0.5) is 5.69 Å². The number of carbonyl (C=O) groups excluding carboxylic acids is 2. The first-order chi connectivity index (χ1) is 22.4. The molecular formula is C36H40ClN3O6S. The van der Waals surface area contributed by atoms with E-state index in [4.69, 9.17) is 21.1 Å². The van der Waals surface area contributed by atoms with E-state index in [1.54, 1.807) is 12.1 Å². The number of carbonyl (C=O) groups is 2. The number of nitrogens with one attached hydrogen (secondary N) is 1. The standard InChI is InChI=1S/C36H40ClN3O6S/c1-25(2)38-36(42)32(21-27-9-7-6-8-10-27)39(23-28-13-11-26(3)12-14-28)35(41)24-40(30-17-15-29(37)16-18-30)47(43,44)31-19-20-33(45-4)34(22-31)46-5/h6-20,22,25,32H,21,23-24H2,1-5H3,(H,38,42)/t32-/m0/s1. The number of methoxy groups -OCH3 is 2. The molecule has 0 bridgehead atoms. The number of aryl methyl sites for hydroxylation is 1. The molecule has 4 rings (SSSR count). The second-order valence-electron chi connectivity index (χ2n) is 11.4. The highest BCUT2D eigenvalue weighted by molar-refractivity contribution is 7.92. The molecule has 0 fully saturated rings. The number of halogens is 1. The molecule has 9 nitrogen and oxygen atoms in total. The number of amides is 2. The van der Waals surface area contributed by atoms with E-state index in [1.807, 2.05) is 75.4 Å². The molecule has 0 aliphatic carbocycles. The molecule has 248 valence electrons. The molecule has 4 aromatic carbocycles. The second-order valence-corrected chi connectivity index (χ2v) is 13.7. The van der Waals surface area contributed by atoms with E-state index in [1.165, 1.54) is 49.5 Å². The van der Waals surface area contributed by atoms with Gasteiger partial charge in [-0.05, 0) is 68.3 Å². The molecule has 0 saturated carbocycles. The van der Waals surface area contributed by atoms with Gasteiger partial charge in [0.1, 0.15) is 12.6 Å². The molecule has 0 radical (unpaired) electrons. The Labute approximate surface area is 282 Å². The zero-order valence-electron chi connectivity index (χ0n) is 27.1. The van der Waals surface area contributed by atoms with E-state index < -0.39 is 28.5 Å². The number of benzene rings is 4. The molecular weight excluding hydrogens is 638 g/mol. The largest absolute Gasteiger partial charge is 0.493 e. The van der Waals surface area contributed by atoms with Gasteiger partial charge in [-0.3, -0.25) is 13.9 Å². The van der Waals surface area contributed by atoms with Crippen molar-refractivity contribution in [1.82, 2.24) is 10.2 Å². The number of rotatable bonds is 14. The summed E-state index contributed by atoms with van der Waals surface area (Å²) in [6.45, 7) is 5.14. The maximum absolute atomic E-state index is 14.6. The van der Waals surface area contributed by atoms with Crippen molar-refractivity contribution in [3.05, 3.63) is 119 Å². The van der Waals surface area contributed by atoms with Gasteiger partial charge in [0.2, 0.25) is 11.8 Å². The minimum atomic E-state index is -4.35. The number of anilines is 1. The summed E-state index contributed by atoms with van der Waals surface area (Å²) >= 11 is 6.16. The minimum Gasteiger partial charge on any atom is -0.493 e. The smallest absolute Gasteiger partial charge is 0.264 e. The lowest BCUT2D eigenvalue weighted by Gasteiger charge is -2.34. The van der Waals surface area contributed by atoms with E-state index in [0.717, 1.165) is 21.0 Å². The average Bonchev–Trinajstić information content (AvgIpc) is 3.06. The van der Waals surface area contributed by atoms with Crippen molar-refractivity contribution in [2.75, 3.05) is 25.1 Å². The summed E-state index contributed by atoms with van der Waals surface area (Å²) in [5, 5.41) is 3.36. The summed E-state index contributed by atoms with van der Waals surface area (Å²) < 4.78 is 40.3. The predicted molar refractivity (Wildman–Crippen MR) is 184 cm³/mol. The normalized spacial score (nSPS) is 11.9. The van der Waals surface area contributed by atoms with Gasteiger partial charge in [0.05, 0.1) is 24.8 Å². The van der Waals surface area contributed by atoms with Gasteiger partial charge in [-0.1, -0.05) is 71.8 Å². The van der Waals surface area contributed by atoms with E-state index >= 15 is 0 Å². The molecule has 0 spiro atoms. The van der Waals surface area contributed by atoms with E-state index in [-0.39, 0.29) is 41.2 Å². The van der Waals surface area contributed by atoms with E-state index in [0.29, 0.717) is 10.8 Å². The topological polar surface area (TPSA) is 105 Å². The Kier molecular flexibility index (Phi) is 11.9.